The van der Waals surface area contributed by atoms with E-state index in [1.807, 2.05) is 0 Å². The lowest BCUT2D eigenvalue weighted by molar-refractivity contribution is -0.111. The number of carbonyl (C=O) groups excluding carboxylic acids is 1. The maximum absolute atomic E-state index is 11.0. The Kier molecular flexibility index (Phi) is 4.97. The van der Waals surface area contributed by atoms with Crippen molar-refractivity contribution in [3.63, 3.8) is 0 Å². The molecule has 0 spiro atoms. The summed E-state index contributed by atoms with van der Waals surface area (Å²) in [5.41, 5.74) is 10.2. The minimum atomic E-state index is -0.301. The molecule has 0 radical (unpaired) electrons. The Labute approximate surface area is 102 Å². The van der Waals surface area contributed by atoms with Crippen molar-refractivity contribution in [2.75, 3.05) is 0 Å². The highest BCUT2D eigenvalue weighted by molar-refractivity contribution is 6.63. The van der Waals surface area contributed by atoms with Gasteiger partial charge in [0.15, 0.2) is 0 Å². The van der Waals surface area contributed by atoms with Crippen LogP contribution in [-0.4, -0.2) is 5.24 Å². The molecule has 0 fully saturated rings. The van der Waals surface area contributed by atoms with Crippen molar-refractivity contribution >= 4 is 16.8 Å². The SMILES string of the molecule is CCc1cc(CN)cc(CC)c1CC(=O)Cl. The molecule has 2 N–H and O–H groups in total. The molecule has 1 aromatic carbocycles. The normalized spacial score (nSPS) is 10.5. The highest BCUT2D eigenvalue weighted by atomic mass is 35.5. The molecule has 1 rings (SSSR count). The Morgan fingerprint density at radius 2 is 1.75 bits per heavy atom. The van der Waals surface area contributed by atoms with Gasteiger partial charge >= 0.3 is 0 Å². The number of rotatable bonds is 5. The fourth-order valence-corrected chi connectivity index (χ4v) is 2.12. The summed E-state index contributed by atoms with van der Waals surface area (Å²) in [7, 11) is 0. The van der Waals surface area contributed by atoms with Crippen LogP contribution in [0.25, 0.3) is 0 Å². The molecule has 3 heteroatoms. The van der Waals surface area contributed by atoms with Crippen molar-refractivity contribution in [2.24, 2.45) is 5.73 Å². The first-order valence-electron chi connectivity index (χ1n) is 5.64. The van der Waals surface area contributed by atoms with Crippen molar-refractivity contribution in [3.8, 4) is 0 Å². The second-order valence-corrected chi connectivity index (χ2v) is 4.26. The van der Waals surface area contributed by atoms with Gasteiger partial charge in [0.05, 0.1) is 0 Å². The molecule has 88 valence electrons. The van der Waals surface area contributed by atoms with Gasteiger partial charge in [-0.25, -0.2) is 0 Å². The second-order valence-electron chi connectivity index (χ2n) is 3.84. The van der Waals surface area contributed by atoms with Gasteiger partial charge in [0.2, 0.25) is 5.24 Å². The van der Waals surface area contributed by atoms with Crippen LogP contribution in [0.1, 0.15) is 36.1 Å². The molecule has 0 aromatic heterocycles. The number of nitrogens with two attached hydrogens (primary N) is 1. The molecule has 0 aliphatic carbocycles. The largest absolute Gasteiger partial charge is 0.326 e. The number of hydrogen-bond donors (Lipinski definition) is 1. The third-order valence-electron chi connectivity index (χ3n) is 2.81. The summed E-state index contributed by atoms with van der Waals surface area (Å²) in [5.74, 6) is 0. The number of carbonyl (C=O) groups is 1. The van der Waals surface area contributed by atoms with Crippen molar-refractivity contribution < 1.29 is 4.79 Å². The van der Waals surface area contributed by atoms with Crippen LogP contribution in [0.5, 0.6) is 0 Å². The third-order valence-corrected chi connectivity index (χ3v) is 2.94. The van der Waals surface area contributed by atoms with Gasteiger partial charge in [-0.3, -0.25) is 4.79 Å². The third kappa shape index (κ3) is 3.06. The lowest BCUT2D eigenvalue weighted by atomic mass is 9.93. The molecule has 0 heterocycles. The minimum absolute atomic E-state index is 0.301. The number of benzene rings is 1. The number of halogens is 1. The molecule has 0 amide bonds. The lowest BCUT2D eigenvalue weighted by Gasteiger charge is -2.13. The van der Waals surface area contributed by atoms with Crippen LogP contribution >= 0.6 is 11.6 Å². The molecule has 0 saturated carbocycles. The average molecular weight is 240 g/mol. The number of aryl methyl sites for hydroxylation is 2. The summed E-state index contributed by atoms with van der Waals surface area (Å²) < 4.78 is 0. The van der Waals surface area contributed by atoms with Gasteiger partial charge in [0, 0.05) is 13.0 Å². The lowest BCUT2D eigenvalue weighted by Crippen LogP contribution is -2.07. The molecule has 0 saturated heterocycles. The van der Waals surface area contributed by atoms with Crippen molar-refractivity contribution in [3.05, 3.63) is 34.4 Å². The molecule has 1 aromatic rings. The summed E-state index contributed by atoms with van der Waals surface area (Å²) in [6, 6.07) is 4.16. The van der Waals surface area contributed by atoms with Gasteiger partial charge in [-0.05, 0) is 46.7 Å². The average Bonchev–Trinajstić information content (AvgIpc) is 2.28. The van der Waals surface area contributed by atoms with Gasteiger partial charge in [0.1, 0.15) is 0 Å². The van der Waals surface area contributed by atoms with Crippen LogP contribution in [-0.2, 0) is 30.6 Å². The molecule has 0 aliphatic heterocycles. The second kappa shape index (κ2) is 6.02. The maximum atomic E-state index is 11.0. The van der Waals surface area contributed by atoms with E-state index >= 15 is 0 Å². The van der Waals surface area contributed by atoms with Crippen molar-refractivity contribution in [2.45, 2.75) is 39.7 Å². The van der Waals surface area contributed by atoms with E-state index in [9.17, 15) is 4.79 Å². The van der Waals surface area contributed by atoms with Crippen LogP contribution < -0.4 is 5.73 Å². The van der Waals surface area contributed by atoms with Gasteiger partial charge in [-0.15, -0.1) is 0 Å². The summed E-state index contributed by atoms with van der Waals surface area (Å²) >= 11 is 5.48. The zero-order chi connectivity index (χ0) is 12.1. The highest BCUT2D eigenvalue weighted by Crippen LogP contribution is 2.20. The van der Waals surface area contributed by atoms with Crippen LogP contribution in [0.15, 0.2) is 12.1 Å². The van der Waals surface area contributed by atoms with E-state index in [1.165, 1.54) is 11.1 Å². The molecular formula is C13H18ClNO. The zero-order valence-corrected chi connectivity index (χ0v) is 10.6. The Morgan fingerprint density at radius 1 is 1.25 bits per heavy atom. The van der Waals surface area contributed by atoms with Crippen molar-refractivity contribution in [1.29, 1.82) is 0 Å². The first-order chi connectivity index (χ1) is 7.62. The Hall–Kier alpha value is -0.860. The quantitative estimate of drug-likeness (QED) is 0.803. The fraction of sp³-hybridized carbons (Fsp3) is 0.462. The van der Waals surface area contributed by atoms with E-state index in [-0.39, 0.29) is 5.24 Å². The van der Waals surface area contributed by atoms with Crippen LogP contribution in [0.4, 0.5) is 0 Å². The first kappa shape index (κ1) is 13.2. The van der Waals surface area contributed by atoms with Crippen LogP contribution in [0.2, 0.25) is 0 Å². The maximum Gasteiger partial charge on any atom is 0.226 e. The van der Waals surface area contributed by atoms with Crippen molar-refractivity contribution in [1.82, 2.24) is 0 Å². The van der Waals surface area contributed by atoms with E-state index in [0.717, 1.165) is 24.0 Å². The standard InChI is InChI=1S/C13H18ClNO/c1-3-10-5-9(8-15)6-11(4-2)12(10)7-13(14)16/h5-6H,3-4,7-8,15H2,1-2H3. The van der Waals surface area contributed by atoms with E-state index in [1.54, 1.807) is 0 Å². The van der Waals surface area contributed by atoms with E-state index in [0.29, 0.717) is 13.0 Å². The fourth-order valence-electron chi connectivity index (χ4n) is 1.98. The molecule has 2 nitrogen and oxygen atoms in total. The predicted octanol–water partition coefficient (Wildman–Crippen LogP) is 2.58. The van der Waals surface area contributed by atoms with E-state index in [2.05, 4.69) is 26.0 Å². The van der Waals surface area contributed by atoms with Gasteiger partial charge < -0.3 is 5.73 Å². The van der Waals surface area contributed by atoms with E-state index < -0.39 is 0 Å². The molecule has 16 heavy (non-hydrogen) atoms. The van der Waals surface area contributed by atoms with Gasteiger partial charge in [-0.2, -0.15) is 0 Å². The Bertz CT molecular complexity index is 363. The Morgan fingerprint density at radius 3 is 2.06 bits per heavy atom. The monoisotopic (exact) mass is 239 g/mol. The summed E-state index contributed by atoms with van der Waals surface area (Å²) in [5, 5.41) is -0.301. The molecule has 0 aliphatic rings. The smallest absolute Gasteiger partial charge is 0.226 e. The summed E-state index contributed by atoms with van der Waals surface area (Å²) in [6.45, 7) is 4.70. The Balaban J connectivity index is 3.25. The summed E-state index contributed by atoms with van der Waals surface area (Å²) in [6.07, 6.45) is 2.12. The highest BCUT2D eigenvalue weighted by Gasteiger charge is 2.11. The minimum Gasteiger partial charge on any atom is -0.326 e. The first-order valence-corrected chi connectivity index (χ1v) is 6.02. The van der Waals surface area contributed by atoms with E-state index in [4.69, 9.17) is 17.3 Å². The zero-order valence-electron chi connectivity index (χ0n) is 9.85. The topological polar surface area (TPSA) is 43.1 Å². The molecule has 0 atom stereocenters. The molecule has 0 bridgehead atoms. The van der Waals surface area contributed by atoms with Gasteiger partial charge in [-0.1, -0.05) is 26.0 Å². The van der Waals surface area contributed by atoms with Gasteiger partial charge in [0.25, 0.3) is 0 Å². The predicted molar refractivity (Wildman–Crippen MR) is 67.7 cm³/mol. The molecular weight excluding hydrogens is 222 g/mol. The van der Waals surface area contributed by atoms with Crippen LogP contribution in [0.3, 0.4) is 0 Å². The van der Waals surface area contributed by atoms with Crippen LogP contribution in [0, 0.1) is 0 Å². The molecule has 0 unspecified atom stereocenters. The number of hydrogen-bond acceptors (Lipinski definition) is 2. The summed E-state index contributed by atoms with van der Waals surface area (Å²) in [4.78, 5) is 11.0.